The van der Waals surface area contributed by atoms with Gasteiger partial charge in [-0.05, 0) is 6.92 Å². The van der Waals surface area contributed by atoms with Gasteiger partial charge in [0, 0.05) is 0 Å². The van der Waals surface area contributed by atoms with Gasteiger partial charge in [0.2, 0.25) is 5.95 Å². The Labute approximate surface area is 136 Å². The van der Waals surface area contributed by atoms with E-state index in [9.17, 15) is 15.0 Å². The summed E-state index contributed by atoms with van der Waals surface area (Å²) in [6.45, 7) is 1.14. The fraction of sp³-hybridized carbons (Fsp3) is 0.500. The Morgan fingerprint density at radius 3 is 3.08 bits per heavy atom. The smallest absolute Gasteiger partial charge is 0.280 e. The molecule has 1 aliphatic heterocycles. The molecule has 0 aromatic carbocycles. The molecule has 0 spiro atoms. The van der Waals surface area contributed by atoms with Crippen LogP contribution >= 0.6 is 0 Å². The number of nitrogens with two attached hydrogens (primary N) is 1. The van der Waals surface area contributed by atoms with Crippen LogP contribution < -0.4 is 11.3 Å². The molecule has 3 heterocycles. The first kappa shape index (κ1) is 16.4. The fourth-order valence-corrected chi connectivity index (χ4v) is 2.89. The second-order valence-corrected chi connectivity index (χ2v) is 5.56. The van der Waals surface area contributed by atoms with E-state index in [-0.39, 0.29) is 30.3 Å². The number of nitrogens with zero attached hydrogens (tertiary/aromatic N) is 3. The molecule has 128 valence electrons. The largest absolute Gasteiger partial charge is 0.394 e. The van der Waals surface area contributed by atoms with Gasteiger partial charge >= 0.3 is 0 Å². The first-order valence-electron chi connectivity index (χ1n) is 7.17. The van der Waals surface area contributed by atoms with Gasteiger partial charge in [0.1, 0.15) is 24.9 Å². The zero-order chi connectivity index (χ0) is 17.5. The van der Waals surface area contributed by atoms with E-state index in [0.29, 0.717) is 0 Å². The van der Waals surface area contributed by atoms with Crippen LogP contribution in [0.2, 0.25) is 0 Å². The number of H-pyrrole nitrogens is 1. The van der Waals surface area contributed by atoms with E-state index in [1.807, 2.05) is 0 Å². The standard InChI is InChI=1S/C14H17N5O5/c1-3-4-23-9-7(5-20)24-14(2,10(9)21)19-6-16-8-11(19)17-13(15)18-12(8)22/h1,6-7,9-10,20-21H,4-5H2,2H3,(H3,15,17,18,22)/t7-,9-,10-,14-/m1/s1. The lowest BCUT2D eigenvalue weighted by Crippen LogP contribution is -2.44. The van der Waals surface area contributed by atoms with Crippen molar-refractivity contribution in [1.29, 1.82) is 0 Å². The van der Waals surface area contributed by atoms with Crippen LogP contribution in [-0.4, -0.2) is 61.3 Å². The summed E-state index contributed by atoms with van der Waals surface area (Å²) in [5.74, 6) is 2.21. The summed E-state index contributed by atoms with van der Waals surface area (Å²) in [6.07, 6.45) is 3.63. The third-order valence-electron chi connectivity index (χ3n) is 4.06. The number of rotatable bonds is 4. The zero-order valence-electron chi connectivity index (χ0n) is 12.8. The number of hydrogen-bond acceptors (Lipinski definition) is 8. The van der Waals surface area contributed by atoms with Crippen LogP contribution in [0.4, 0.5) is 5.95 Å². The highest BCUT2D eigenvalue weighted by molar-refractivity contribution is 5.70. The Morgan fingerprint density at radius 2 is 2.42 bits per heavy atom. The van der Waals surface area contributed by atoms with Crippen LogP contribution in [0.5, 0.6) is 0 Å². The Morgan fingerprint density at radius 1 is 1.67 bits per heavy atom. The maximum atomic E-state index is 11.9. The molecule has 5 N–H and O–H groups in total. The zero-order valence-corrected chi connectivity index (χ0v) is 12.8. The summed E-state index contributed by atoms with van der Waals surface area (Å²) in [5.41, 5.74) is 3.89. The normalized spacial score (nSPS) is 29.8. The van der Waals surface area contributed by atoms with Crippen LogP contribution in [0.25, 0.3) is 11.2 Å². The predicted molar refractivity (Wildman–Crippen MR) is 82.7 cm³/mol. The van der Waals surface area contributed by atoms with Crippen molar-refractivity contribution < 1.29 is 19.7 Å². The number of aromatic nitrogens is 4. The Bertz CT molecular complexity index is 855. The second kappa shape index (κ2) is 5.88. The Kier molecular flexibility index (Phi) is 4.02. The van der Waals surface area contributed by atoms with Gasteiger partial charge in [-0.2, -0.15) is 4.98 Å². The summed E-state index contributed by atoms with van der Waals surface area (Å²) in [5, 5.41) is 20.2. The first-order valence-corrected chi connectivity index (χ1v) is 7.17. The highest BCUT2D eigenvalue weighted by Crippen LogP contribution is 2.38. The van der Waals surface area contributed by atoms with Crippen molar-refractivity contribution in [2.45, 2.75) is 31.0 Å². The number of aromatic amines is 1. The summed E-state index contributed by atoms with van der Waals surface area (Å²) in [4.78, 5) is 22.3. The predicted octanol–water partition coefficient (Wildman–Crippen LogP) is -1.86. The van der Waals surface area contributed by atoms with Crippen molar-refractivity contribution in [2.75, 3.05) is 18.9 Å². The van der Waals surface area contributed by atoms with Gasteiger partial charge < -0.3 is 25.4 Å². The molecule has 0 radical (unpaired) electrons. The average molecular weight is 335 g/mol. The molecule has 0 aliphatic carbocycles. The van der Waals surface area contributed by atoms with E-state index in [4.69, 9.17) is 21.6 Å². The molecule has 2 aromatic rings. The second-order valence-electron chi connectivity index (χ2n) is 5.56. The average Bonchev–Trinajstić information content (AvgIpc) is 3.07. The molecule has 3 rings (SSSR count). The number of imidazole rings is 1. The third kappa shape index (κ3) is 2.35. The molecular weight excluding hydrogens is 318 g/mol. The lowest BCUT2D eigenvalue weighted by molar-refractivity contribution is -0.132. The first-order chi connectivity index (χ1) is 11.4. The van der Waals surface area contributed by atoms with Crippen LogP contribution in [0.15, 0.2) is 11.1 Å². The minimum atomic E-state index is -1.38. The van der Waals surface area contributed by atoms with E-state index in [0.717, 1.165) is 0 Å². The van der Waals surface area contributed by atoms with Crippen LogP contribution in [0.3, 0.4) is 0 Å². The minimum absolute atomic E-state index is 0.0484. The Balaban J connectivity index is 2.08. The van der Waals surface area contributed by atoms with Crippen molar-refractivity contribution >= 4 is 17.1 Å². The van der Waals surface area contributed by atoms with Gasteiger partial charge in [0.15, 0.2) is 16.9 Å². The molecule has 1 saturated heterocycles. The van der Waals surface area contributed by atoms with Gasteiger partial charge in [-0.15, -0.1) is 6.42 Å². The number of aliphatic hydroxyl groups is 2. The summed E-state index contributed by atoms with van der Waals surface area (Å²) in [7, 11) is 0. The minimum Gasteiger partial charge on any atom is -0.394 e. The monoisotopic (exact) mass is 335 g/mol. The van der Waals surface area contributed by atoms with Gasteiger partial charge in [-0.3, -0.25) is 14.3 Å². The number of anilines is 1. The molecular formula is C14H17N5O5. The summed E-state index contributed by atoms with van der Waals surface area (Å²) in [6, 6.07) is 0. The highest BCUT2D eigenvalue weighted by Gasteiger charge is 2.54. The molecule has 1 fully saturated rings. The molecule has 1 aliphatic rings. The van der Waals surface area contributed by atoms with E-state index < -0.39 is 29.6 Å². The van der Waals surface area contributed by atoms with Crippen molar-refractivity contribution in [3.8, 4) is 12.3 Å². The maximum absolute atomic E-state index is 11.9. The van der Waals surface area contributed by atoms with Gasteiger partial charge in [0.25, 0.3) is 5.56 Å². The van der Waals surface area contributed by atoms with Crippen molar-refractivity contribution in [3.63, 3.8) is 0 Å². The molecule has 24 heavy (non-hydrogen) atoms. The summed E-state index contributed by atoms with van der Waals surface area (Å²) >= 11 is 0. The molecule has 0 saturated carbocycles. The highest BCUT2D eigenvalue weighted by atomic mass is 16.6. The number of nitrogens with one attached hydrogen (secondary N) is 1. The number of terminal acetylenes is 1. The van der Waals surface area contributed by atoms with E-state index >= 15 is 0 Å². The van der Waals surface area contributed by atoms with Gasteiger partial charge in [0.05, 0.1) is 12.9 Å². The number of hydrogen-bond donors (Lipinski definition) is 4. The third-order valence-corrected chi connectivity index (χ3v) is 4.06. The summed E-state index contributed by atoms with van der Waals surface area (Å²) < 4.78 is 12.6. The van der Waals surface area contributed by atoms with E-state index in [2.05, 4.69) is 20.9 Å². The lowest BCUT2D eigenvalue weighted by Gasteiger charge is -2.29. The number of ether oxygens (including phenoxy) is 2. The number of aliphatic hydroxyl groups excluding tert-OH is 2. The molecule has 0 amide bonds. The molecule has 4 atom stereocenters. The van der Waals surface area contributed by atoms with Gasteiger partial charge in [-0.1, -0.05) is 5.92 Å². The SMILES string of the molecule is C#CCO[C@H]1[C@@H](O)[C@](C)(n2cnc3c(=O)[nH]c(N)nc32)O[C@@H]1CO. The molecule has 0 unspecified atom stereocenters. The van der Waals surface area contributed by atoms with E-state index in [1.165, 1.54) is 10.9 Å². The molecule has 0 bridgehead atoms. The molecule has 10 nitrogen and oxygen atoms in total. The quantitative estimate of drug-likeness (QED) is 0.476. The molecule has 10 heteroatoms. The van der Waals surface area contributed by atoms with Crippen LogP contribution in [0.1, 0.15) is 6.92 Å². The lowest BCUT2D eigenvalue weighted by atomic mass is 10.0. The van der Waals surface area contributed by atoms with Crippen molar-refractivity contribution in [2.24, 2.45) is 0 Å². The number of nitrogen functional groups attached to an aromatic ring is 1. The van der Waals surface area contributed by atoms with Crippen molar-refractivity contribution in [3.05, 3.63) is 16.7 Å². The fourth-order valence-electron chi connectivity index (χ4n) is 2.89. The molecule has 2 aromatic heterocycles. The van der Waals surface area contributed by atoms with Crippen LogP contribution in [0, 0.1) is 12.3 Å². The topological polar surface area (TPSA) is 149 Å². The van der Waals surface area contributed by atoms with Crippen molar-refractivity contribution in [1.82, 2.24) is 19.5 Å². The number of fused-ring (bicyclic) bond motifs is 1. The van der Waals surface area contributed by atoms with Gasteiger partial charge in [-0.25, -0.2) is 4.98 Å². The van der Waals surface area contributed by atoms with Crippen LogP contribution in [-0.2, 0) is 15.2 Å². The maximum Gasteiger partial charge on any atom is 0.280 e. The Hall–Kier alpha value is -2.45. The van der Waals surface area contributed by atoms with E-state index in [1.54, 1.807) is 6.92 Å².